The van der Waals surface area contributed by atoms with Crippen LogP contribution in [0.2, 0.25) is 0 Å². The van der Waals surface area contributed by atoms with Gasteiger partial charge in [0, 0.05) is 44.6 Å². The highest BCUT2D eigenvalue weighted by atomic mass is 16.5. The van der Waals surface area contributed by atoms with Crippen LogP contribution >= 0.6 is 0 Å². The molecule has 0 amide bonds. The van der Waals surface area contributed by atoms with Crippen molar-refractivity contribution in [1.82, 2.24) is 10.3 Å². The molecule has 0 aliphatic carbocycles. The maximum Gasteiger partial charge on any atom is 0.133 e. The molecule has 21 heavy (non-hydrogen) atoms. The first-order valence-electron chi connectivity index (χ1n) is 7.88. The van der Waals surface area contributed by atoms with Crippen molar-refractivity contribution < 1.29 is 9.47 Å². The molecule has 0 atom stereocenters. The second-order valence-corrected chi connectivity index (χ2v) is 4.65. The molecular formula is C16H29N3O2. The smallest absolute Gasteiger partial charge is 0.133 e. The molecule has 0 saturated heterocycles. The van der Waals surface area contributed by atoms with E-state index in [1.54, 1.807) is 0 Å². The van der Waals surface area contributed by atoms with E-state index in [1.165, 1.54) is 5.56 Å². The Kier molecular flexibility index (Phi) is 9.78. The average molecular weight is 295 g/mol. The fraction of sp³-hybridized carbons (Fsp3) is 0.688. The molecule has 1 aromatic heterocycles. The highest BCUT2D eigenvalue weighted by molar-refractivity contribution is 5.46. The van der Waals surface area contributed by atoms with Crippen LogP contribution < -0.4 is 10.2 Å². The van der Waals surface area contributed by atoms with Gasteiger partial charge in [-0.1, -0.05) is 13.0 Å². The summed E-state index contributed by atoms with van der Waals surface area (Å²) in [6.45, 7) is 12.5. The van der Waals surface area contributed by atoms with E-state index in [1.807, 2.05) is 26.1 Å². The second kappa shape index (κ2) is 11.5. The van der Waals surface area contributed by atoms with E-state index < -0.39 is 0 Å². The zero-order chi connectivity index (χ0) is 15.3. The van der Waals surface area contributed by atoms with Gasteiger partial charge in [0.2, 0.25) is 0 Å². The zero-order valence-corrected chi connectivity index (χ0v) is 13.6. The number of rotatable bonds is 12. The average Bonchev–Trinajstić information content (AvgIpc) is 2.52. The van der Waals surface area contributed by atoms with Crippen molar-refractivity contribution in [2.45, 2.75) is 27.3 Å². The molecule has 0 bridgehead atoms. The number of anilines is 1. The lowest BCUT2D eigenvalue weighted by Gasteiger charge is -2.25. The third-order valence-corrected chi connectivity index (χ3v) is 3.15. The first-order valence-corrected chi connectivity index (χ1v) is 7.88. The van der Waals surface area contributed by atoms with Crippen LogP contribution in [-0.2, 0) is 16.0 Å². The molecule has 0 spiro atoms. The first kappa shape index (κ1) is 17.9. The summed E-state index contributed by atoms with van der Waals surface area (Å²) in [5, 5.41) is 3.37. The van der Waals surface area contributed by atoms with Gasteiger partial charge in [0.05, 0.1) is 13.2 Å². The van der Waals surface area contributed by atoms with Crippen LogP contribution in [0, 0.1) is 0 Å². The Labute approximate surface area is 128 Å². The van der Waals surface area contributed by atoms with Crippen molar-refractivity contribution in [3.05, 3.63) is 23.9 Å². The monoisotopic (exact) mass is 295 g/mol. The van der Waals surface area contributed by atoms with Gasteiger partial charge in [0.15, 0.2) is 0 Å². The van der Waals surface area contributed by atoms with Crippen LogP contribution in [0.1, 0.15) is 26.3 Å². The molecule has 5 heteroatoms. The standard InChI is InChI=1S/C16H29N3O2/c1-4-17-14-15-8-7-9-18-16(15)19(10-12-20-5-2)11-13-21-6-3/h7-9,17H,4-6,10-14H2,1-3H3. The van der Waals surface area contributed by atoms with Crippen molar-refractivity contribution in [2.24, 2.45) is 0 Å². The van der Waals surface area contributed by atoms with E-state index in [0.717, 1.165) is 45.2 Å². The van der Waals surface area contributed by atoms with Gasteiger partial charge in [-0.15, -0.1) is 0 Å². The zero-order valence-electron chi connectivity index (χ0n) is 13.6. The van der Waals surface area contributed by atoms with Crippen LogP contribution in [0.25, 0.3) is 0 Å². The molecule has 1 N–H and O–H groups in total. The Hall–Kier alpha value is -1.17. The van der Waals surface area contributed by atoms with Gasteiger partial charge in [-0.05, 0) is 26.5 Å². The second-order valence-electron chi connectivity index (χ2n) is 4.65. The molecule has 1 aromatic rings. The molecule has 1 heterocycles. The summed E-state index contributed by atoms with van der Waals surface area (Å²) in [6.07, 6.45) is 1.85. The number of pyridine rings is 1. The van der Waals surface area contributed by atoms with Crippen LogP contribution in [0.4, 0.5) is 5.82 Å². The van der Waals surface area contributed by atoms with E-state index in [9.17, 15) is 0 Å². The normalized spacial score (nSPS) is 10.8. The summed E-state index contributed by atoms with van der Waals surface area (Å²) in [7, 11) is 0. The first-order chi connectivity index (χ1) is 10.3. The minimum Gasteiger partial charge on any atom is -0.380 e. The summed E-state index contributed by atoms with van der Waals surface area (Å²) >= 11 is 0. The summed E-state index contributed by atoms with van der Waals surface area (Å²) in [5.74, 6) is 1.03. The Morgan fingerprint density at radius 2 is 1.76 bits per heavy atom. The van der Waals surface area contributed by atoms with Crippen LogP contribution in [0.3, 0.4) is 0 Å². The Morgan fingerprint density at radius 3 is 2.33 bits per heavy atom. The van der Waals surface area contributed by atoms with Crippen molar-refractivity contribution in [1.29, 1.82) is 0 Å². The molecule has 0 radical (unpaired) electrons. The van der Waals surface area contributed by atoms with Crippen molar-refractivity contribution >= 4 is 5.82 Å². The van der Waals surface area contributed by atoms with Gasteiger partial charge in [0.1, 0.15) is 5.82 Å². The number of nitrogens with one attached hydrogen (secondary N) is 1. The third kappa shape index (κ3) is 6.89. The van der Waals surface area contributed by atoms with Crippen molar-refractivity contribution in [3.63, 3.8) is 0 Å². The van der Waals surface area contributed by atoms with E-state index >= 15 is 0 Å². The van der Waals surface area contributed by atoms with Gasteiger partial charge in [-0.2, -0.15) is 0 Å². The van der Waals surface area contributed by atoms with E-state index in [2.05, 4.69) is 28.2 Å². The maximum absolute atomic E-state index is 5.49. The summed E-state index contributed by atoms with van der Waals surface area (Å²) < 4.78 is 11.0. The predicted octanol–water partition coefficient (Wildman–Crippen LogP) is 2.07. The Morgan fingerprint density at radius 1 is 1.10 bits per heavy atom. The summed E-state index contributed by atoms with van der Waals surface area (Å²) in [4.78, 5) is 6.81. The third-order valence-electron chi connectivity index (χ3n) is 3.15. The summed E-state index contributed by atoms with van der Waals surface area (Å²) in [6, 6.07) is 4.11. The molecule has 0 unspecified atom stereocenters. The quantitative estimate of drug-likeness (QED) is 0.598. The minimum atomic E-state index is 0.708. The molecule has 0 saturated carbocycles. The van der Waals surface area contributed by atoms with Gasteiger partial charge in [-0.3, -0.25) is 0 Å². The number of nitrogens with zero attached hydrogens (tertiary/aromatic N) is 2. The Bertz CT molecular complexity index is 364. The number of ether oxygens (including phenoxy) is 2. The lowest BCUT2D eigenvalue weighted by molar-refractivity contribution is 0.141. The topological polar surface area (TPSA) is 46.6 Å². The fourth-order valence-electron chi connectivity index (χ4n) is 2.07. The lowest BCUT2D eigenvalue weighted by atomic mass is 10.2. The van der Waals surface area contributed by atoms with Crippen molar-refractivity contribution in [2.75, 3.05) is 51.0 Å². The molecule has 0 fully saturated rings. The van der Waals surface area contributed by atoms with Crippen molar-refractivity contribution in [3.8, 4) is 0 Å². The van der Waals surface area contributed by atoms with Gasteiger partial charge >= 0.3 is 0 Å². The largest absolute Gasteiger partial charge is 0.380 e. The SMILES string of the molecule is CCNCc1cccnc1N(CCOCC)CCOCC. The minimum absolute atomic E-state index is 0.708. The van der Waals surface area contributed by atoms with Crippen LogP contribution in [0.15, 0.2) is 18.3 Å². The highest BCUT2D eigenvalue weighted by Gasteiger charge is 2.12. The van der Waals surface area contributed by atoms with Gasteiger partial charge in [0.25, 0.3) is 0 Å². The fourth-order valence-corrected chi connectivity index (χ4v) is 2.07. The lowest BCUT2D eigenvalue weighted by Crippen LogP contribution is -2.33. The van der Waals surface area contributed by atoms with E-state index in [0.29, 0.717) is 13.2 Å². The van der Waals surface area contributed by atoms with Gasteiger partial charge < -0.3 is 19.7 Å². The van der Waals surface area contributed by atoms with Crippen LogP contribution in [-0.4, -0.2) is 51.0 Å². The molecule has 0 aliphatic heterocycles. The predicted molar refractivity (Wildman–Crippen MR) is 86.8 cm³/mol. The molecule has 1 rings (SSSR count). The van der Waals surface area contributed by atoms with Gasteiger partial charge in [-0.25, -0.2) is 4.98 Å². The van der Waals surface area contributed by atoms with E-state index in [-0.39, 0.29) is 0 Å². The number of aromatic nitrogens is 1. The van der Waals surface area contributed by atoms with Crippen LogP contribution in [0.5, 0.6) is 0 Å². The maximum atomic E-state index is 5.49. The molecular weight excluding hydrogens is 266 g/mol. The number of hydrogen-bond donors (Lipinski definition) is 1. The Balaban J connectivity index is 2.74. The van der Waals surface area contributed by atoms with E-state index in [4.69, 9.17) is 9.47 Å². The highest BCUT2D eigenvalue weighted by Crippen LogP contribution is 2.16. The number of hydrogen-bond acceptors (Lipinski definition) is 5. The molecule has 5 nitrogen and oxygen atoms in total. The molecule has 120 valence electrons. The molecule has 0 aliphatic rings. The molecule has 0 aromatic carbocycles. The summed E-state index contributed by atoms with van der Waals surface area (Å²) in [5.41, 5.74) is 1.22.